The van der Waals surface area contributed by atoms with Gasteiger partial charge in [0.2, 0.25) is 0 Å². The summed E-state index contributed by atoms with van der Waals surface area (Å²) in [7, 11) is 0. The minimum atomic E-state index is -0.100. The van der Waals surface area contributed by atoms with Gasteiger partial charge in [-0.3, -0.25) is 9.69 Å². The van der Waals surface area contributed by atoms with Crippen LogP contribution >= 0.6 is 0 Å². The van der Waals surface area contributed by atoms with Crippen LogP contribution in [0.25, 0.3) is 6.08 Å². The van der Waals surface area contributed by atoms with E-state index in [0.29, 0.717) is 12.1 Å². The Labute approximate surface area is 175 Å². The van der Waals surface area contributed by atoms with Crippen LogP contribution in [-0.2, 0) is 4.79 Å². The molecule has 1 saturated carbocycles. The van der Waals surface area contributed by atoms with Gasteiger partial charge in [-0.1, -0.05) is 19.3 Å². The fourth-order valence-corrected chi connectivity index (χ4v) is 5.65. The maximum Gasteiger partial charge on any atom is 0.264 e. The molecule has 1 atom stereocenters. The summed E-state index contributed by atoms with van der Waals surface area (Å²) in [6, 6.07) is 5.37. The largest absolute Gasteiger partial charge is 0.346 e. The third kappa shape index (κ3) is 4.14. The molecule has 0 bridgehead atoms. The number of hydrogen-bond donors (Lipinski definition) is 0. The Bertz CT molecular complexity index is 819. The Morgan fingerprint density at radius 1 is 1.03 bits per heavy atom. The highest BCUT2D eigenvalue weighted by molar-refractivity contribution is 6.02. The summed E-state index contributed by atoms with van der Waals surface area (Å²) < 4.78 is 2.43. The molecular weight excluding hydrogens is 360 g/mol. The molecule has 5 heteroatoms. The Morgan fingerprint density at radius 2 is 1.76 bits per heavy atom. The summed E-state index contributed by atoms with van der Waals surface area (Å²) >= 11 is 0. The smallest absolute Gasteiger partial charge is 0.264 e. The first-order valence-electron chi connectivity index (χ1n) is 11.4. The molecule has 1 amide bonds. The van der Waals surface area contributed by atoms with Crippen LogP contribution in [0.2, 0.25) is 0 Å². The maximum absolute atomic E-state index is 13.1. The molecule has 3 aliphatic rings. The van der Waals surface area contributed by atoms with E-state index >= 15 is 0 Å². The fraction of sp³-hybridized carbons (Fsp3) is 0.667. The van der Waals surface area contributed by atoms with Gasteiger partial charge in [0.25, 0.3) is 5.91 Å². The molecule has 29 heavy (non-hydrogen) atoms. The van der Waals surface area contributed by atoms with E-state index in [1.807, 2.05) is 11.0 Å². The number of carbonyl (C=O) groups excluding carboxylic acids is 1. The van der Waals surface area contributed by atoms with Gasteiger partial charge in [0.1, 0.15) is 11.6 Å². The van der Waals surface area contributed by atoms with Crippen LogP contribution in [0, 0.1) is 25.2 Å². The van der Waals surface area contributed by atoms with E-state index in [2.05, 4.69) is 35.5 Å². The average molecular weight is 395 g/mol. The number of nitriles is 1. The SMILES string of the molecule is Cc1cc(/C=C(/C#N)C(=O)N2CCC(N3CCCC3)C2)c(C)n1C1CCCCC1. The molecule has 3 fully saturated rings. The lowest BCUT2D eigenvalue weighted by atomic mass is 9.95. The van der Waals surface area contributed by atoms with Crippen molar-refractivity contribution in [2.45, 2.75) is 77.3 Å². The highest BCUT2D eigenvalue weighted by atomic mass is 16.2. The summed E-state index contributed by atoms with van der Waals surface area (Å²) in [6.07, 6.45) is 11.8. The molecule has 4 rings (SSSR count). The van der Waals surface area contributed by atoms with E-state index in [9.17, 15) is 10.1 Å². The Hall–Kier alpha value is -2.06. The van der Waals surface area contributed by atoms with Crippen LogP contribution in [0.4, 0.5) is 0 Å². The summed E-state index contributed by atoms with van der Waals surface area (Å²) in [4.78, 5) is 17.5. The Balaban J connectivity index is 1.50. The van der Waals surface area contributed by atoms with Crippen LogP contribution in [-0.4, -0.2) is 52.5 Å². The number of likely N-dealkylation sites (tertiary alicyclic amines) is 2. The zero-order valence-corrected chi connectivity index (χ0v) is 18.0. The molecule has 1 aromatic heterocycles. The predicted octanol–water partition coefficient (Wildman–Crippen LogP) is 4.21. The van der Waals surface area contributed by atoms with Crippen molar-refractivity contribution in [3.63, 3.8) is 0 Å². The number of amides is 1. The predicted molar refractivity (Wildman–Crippen MR) is 115 cm³/mol. The molecule has 2 saturated heterocycles. The van der Waals surface area contributed by atoms with Crippen LogP contribution in [0.5, 0.6) is 0 Å². The lowest BCUT2D eigenvalue weighted by molar-refractivity contribution is -0.125. The molecule has 1 unspecified atom stereocenters. The lowest BCUT2D eigenvalue weighted by Crippen LogP contribution is -2.37. The Kier molecular flexibility index (Phi) is 6.10. The topological polar surface area (TPSA) is 52.3 Å². The number of carbonyl (C=O) groups is 1. The van der Waals surface area contributed by atoms with E-state index in [0.717, 1.165) is 38.2 Å². The van der Waals surface area contributed by atoms with Crippen molar-refractivity contribution in [1.29, 1.82) is 5.26 Å². The van der Waals surface area contributed by atoms with Gasteiger partial charge >= 0.3 is 0 Å². The molecule has 5 nitrogen and oxygen atoms in total. The van der Waals surface area contributed by atoms with Crippen molar-refractivity contribution < 1.29 is 4.79 Å². The molecule has 0 aromatic carbocycles. The first-order valence-corrected chi connectivity index (χ1v) is 11.4. The van der Waals surface area contributed by atoms with Crippen molar-refractivity contribution in [1.82, 2.24) is 14.4 Å². The van der Waals surface area contributed by atoms with E-state index in [1.54, 1.807) is 0 Å². The number of aromatic nitrogens is 1. The first-order chi connectivity index (χ1) is 14.1. The van der Waals surface area contributed by atoms with Crippen molar-refractivity contribution in [2.24, 2.45) is 0 Å². The fourth-order valence-electron chi connectivity index (χ4n) is 5.65. The second-order valence-corrected chi connectivity index (χ2v) is 9.09. The Morgan fingerprint density at radius 3 is 2.45 bits per heavy atom. The number of nitrogens with zero attached hydrogens (tertiary/aromatic N) is 4. The molecule has 3 heterocycles. The monoisotopic (exact) mass is 394 g/mol. The quantitative estimate of drug-likeness (QED) is 0.568. The van der Waals surface area contributed by atoms with Gasteiger partial charge in [-0.05, 0) is 76.7 Å². The zero-order valence-electron chi connectivity index (χ0n) is 18.0. The van der Waals surface area contributed by atoms with Crippen molar-refractivity contribution in [3.05, 3.63) is 28.6 Å². The first kappa shape index (κ1) is 20.2. The maximum atomic E-state index is 13.1. The molecule has 2 aliphatic heterocycles. The van der Waals surface area contributed by atoms with Gasteiger partial charge in [0, 0.05) is 36.6 Å². The molecule has 156 valence electrons. The van der Waals surface area contributed by atoms with Crippen molar-refractivity contribution >= 4 is 12.0 Å². The van der Waals surface area contributed by atoms with Crippen molar-refractivity contribution in [2.75, 3.05) is 26.2 Å². The standard InChI is InChI=1S/C24H34N4O/c1-18-14-20(19(2)28(18)22-8-4-3-5-9-22)15-21(16-25)24(29)27-13-10-23(17-27)26-11-6-7-12-26/h14-15,22-23H,3-13,17H2,1-2H3/b21-15-. The molecular formula is C24H34N4O. The van der Waals surface area contributed by atoms with Gasteiger partial charge in [0.05, 0.1) is 0 Å². The van der Waals surface area contributed by atoms with Gasteiger partial charge < -0.3 is 9.47 Å². The average Bonchev–Trinajstić information content (AvgIpc) is 3.47. The number of hydrogen-bond acceptors (Lipinski definition) is 3. The van der Waals surface area contributed by atoms with Gasteiger partial charge in [-0.15, -0.1) is 0 Å². The van der Waals surface area contributed by atoms with E-state index in [1.165, 1.54) is 56.3 Å². The zero-order chi connectivity index (χ0) is 20.4. The molecule has 0 radical (unpaired) electrons. The highest BCUT2D eigenvalue weighted by Gasteiger charge is 2.32. The molecule has 0 N–H and O–H groups in total. The number of rotatable bonds is 4. The normalized spacial score (nSPS) is 24.2. The second kappa shape index (κ2) is 8.75. The van der Waals surface area contributed by atoms with E-state index in [4.69, 9.17) is 0 Å². The third-order valence-corrected chi connectivity index (χ3v) is 7.22. The van der Waals surface area contributed by atoms with Crippen molar-refractivity contribution in [3.8, 4) is 6.07 Å². The van der Waals surface area contributed by atoms with E-state index in [-0.39, 0.29) is 11.5 Å². The van der Waals surface area contributed by atoms with Crippen LogP contribution in [0.3, 0.4) is 0 Å². The summed E-state index contributed by atoms with van der Waals surface area (Å²) in [5.41, 5.74) is 3.72. The third-order valence-electron chi connectivity index (χ3n) is 7.22. The summed E-state index contributed by atoms with van der Waals surface area (Å²) in [5, 5.41) is 9.73. The molecule has 0 spiro atoms. The van der Waals surface area contributed by atoms with Gasteiger partial charge in [-0.25, -0.2) is 0 Å². The minimum absolute atomic E-state index is 0.100. The molecule has 1 aromatic rings. The van der Waals surface area contributed by atoms with Gasteiger partial charge in [0.15, 0.2) is 0 Å². The summed E-state index contributed by atoms with van der Waals surface area (Å²) in [6.45, 7) is 8.11. The van der Waals surface area contributed by atoms with E-state index < -0.39 is 0 Å². The van der Waals surface area contributed by atoms with Crippen LogP contribution < -0.4 is 0 Å². The minimum Gasteiger partial charge on any atom is -0.346 e. The van der Waals surface area contributed by atoms with Crippen LogP contribution in [0.15, 0.2) is 11.6 Å². The highest BCUT2D eigenvalue weighted by Crippen LogP contribution is 2.33. The lowest BCUT2D eigenvalue weighted by Gasteiger charge is -2.26. The number of aryl methyl sites for hydroxylation is 1. The van der Waals surface area contributed by atoms with Gasteiger partial charge in [-0.2, -0.15) is 5.26 Å². The van der Waals surface area contributed by atoms with Crippen LogP contribution in [0.1, 0.15) is 74.4 Å². The molecule has 1 aliphatic carbocycles. The second-order valence-electron chi connectivity index (χ2n) is 9.09. The summed E-state index contributed by atoms with van der Waals surface area (Å²) in [5.74, 6) is -0.100.